The first-order chi connectivity index (χ1) is 24.8. The van der Waals surface area contributed by atoms with Gasteiger partial charge in [0.05, 0.1) is 33.3 Å². The number of hydrogen-bond acceptors (Lipinski definition) is 3. The van der Waals surface area contributed by atoms with Crippen LogP contribution in [0.1, 0.15) is 0 Å². The van der Waals surface area contributed by atoms with E-state index in [9.17, 15) is 0 Å². The maximum atomic E-state index is 5.23. The summed E-state index contributed by atoms with van der Waals surface area (Å²) in [5.41, 5.74) is 11.7. The Morgan fingerprint density at radius 2 is 0.980 bits per heavy atom. The van der Waals surface area contributed by atoms with Crippen LogP contribution in [0.15, 0.2) is 176 Å². The third-order valence-electron chi connectivity index (χ3n) is 9.59. The van der Waals surface area contributed by atoms with E-state index in [2.05, 4.69) is 149 Å². The standard InChI is InChI=1S/C45H29N5/c1-4-13-30(14-5-1)38-29-43(48-45(47-38)31-15-6-2-7-16-31)50-39-20-11-10-19-35(39)36-24-22-32(27-41(36)50)33-23-25-37-42(28-33)49(34-17-8-3-9-18-34)40-21-12-26-46-44(37)40/h1-29H. The third kappa shape index (κ3) is 4.52. The minimum atomic E-state index is 0.692. The lowest BCUT2D eigenvalue weighted by Gasteiger charge is -2.13. The van der Waals surface area contributed by atoms with Gasteiger partial charge in [0, 0.05) is 45.2 Å². The molecule has 234 valence electrons. The molecule has 6 aromatic carbocycles. The van der Waals surface area contributed by atoms with Gasteiger partial charge in [-0.1, -0.05) is 115 Å². The molecular weight excluding hydrogens is 611 g/mol. The second-order valence-electron chi connectivity index (χ2n) is 12.5. The Hall–Kier alpha value is -6.85. The Morgan fingerprint density at radius 1 is 0.380 bits per heavy atom. The Balaban J connectivity index is 1.22. The molecule has 4 heterocycles. The van der Waals surface area contributed by atoms with Crippen LogP contribution < -0.4 is 0 Å². The van der Waals surface area contributed by atoms with Crippen molar-refractivity contribution in [1.29, 1.82) is 0 Å². The second kappa shape index (κ2) is 11.4. The molecule has 0 atom stereocenters. The SMILES string of the molecule is c1ccc(-c2cc(-n3c4ccccc4c4ccc(-c5ccc6c7ncccc7n(-c7ccccc7)c6c5)cc43)nc(-c3ccccc3)n2)cc1. The van der Waals surface area contributed by atoms with Crippen molar-refractivity contribution in [2.45, 2.75) is 0 Å². The van der Waals surface area contributed by atoms with Crippen LogP contribution in [0.5, 0.6) is 0 Å². The highest BCUT2D eigenvalue weighted by molar-refractivity contribution is 6.11. The lowest BCUT2D eigenvalue weighted by molar-refractivity contribution is 1.05. The van der Waals surface area contributed by atoms with Crippen molar-refractivity contribution in [2.24, 2.45) is 0 Å². The monoisotopic (exact) mass is 639 g/mol. The summed E-state index contributed by atoms with van der Waals surface area (Å²) in [5, 5.41) is 3.49. The van der Waals surface area contributed by atoms with Crippen LogP contribution in [0.4, 0.5) is 0 Å². The number of nitrogens with zero attached hydrogens (tertiary/aromatic N) is 5. The summed E-state index contributed by atoms with van der Waals surface area (Å²) in [6.45, 7) is 0. The second-order valence-corrected chi connectivity index (χ2v) is 12.5. The molecule has 0 radical (unpaired) electrons. The summed E-state index contributed by atoms with van der Waals surface area (Å²) in [4.78, 5) is 15.1. The summed E-state index contributed by atoms with van der Waals surface area (Å²) in [5.74, 6) is 1.52. The van der Waals surface area contributed by atoms with Crippen molar-refractivity contribution < 1.29 is 0 Å². The van der Waals surface area contributed by atoms with E-state index in [1.807, 2.05) is 36.5 Å². The molecule has 5 nitrogen and oxygen atoms in total. The van der Waals surface area contributed by atoms with Gasteiger partial charge in [0.1, 0.15) is 5.82 Å². The van der Waals surface area contributed by atoms with Crippen molar-refractivity contribution in [1.82, 2.24) is 24.1 Å². The number of fused-ring (bicyclic) bond motifs is 6. The van der Waals surface area contributed by atoms with Gasteiger partial charge in [-0.25, -0.2) is 9.97 Å². The van der Waals surface area contributed by atoms with E-state index in [0.29, 0.717) is 5.82 Å². The first-order valence-electron chi connectivity index (χ1n) is 16.8. The molecule has 0 N–H and O–H groups in total. The van der Waals surface area contributed by atoms with Gasteiger partial charge >= 0.3 is 0 Å². The van der Waals surface area contributed by atoms with Gasteiger partial charge in [-0.3, -0.25) is 9.55 Å². The normalized spacial score (nSPS) is 11.6. The Bertz CT molecular complexity index is 2800. The Kier molecular flexibility index (Phi) is 6.42. The molecule has 4 aromatic heterocycles. The van der Waals surface area contributed by atoms with Crippen molar-refractivity contribution in [2.75, 3.05) is 0 Å². The number of benzene rings is 6. The van der Waals surface area contributed by atoms with Crippen molar-refractivity contribution >= 4 is 43.7 Å². The molecule has 0 bridgehead atoms. The highest BCUT2D eigenvalue weighted by atomic mass is 15.1. The molecule has 0 aliphatic heterocycles. The maximum Gasteiger partial charge on any atom is 0.162 e. The van der Waals surface area contributed by atoms with Crippen molar-refractivity contribution in [3.8, 4) is 45.3 Å². The van der Waals surface area contributed by atoms with Gasteiger partial charge in [-0.15, -0.1) is 0 Å². The lowest BCUT2D eigenvalue weighted by Crippen LogP contribution is -2.02. The molecule has 10 aromatic rings. The van der Waals surface area contributed by atoms with E-state index < -0.39 is 0 Å². The van der Waals surface area contributed by atoms with E-state index in [-0.39, 0.29) is 0 Å². The van der Waals surface area contributed by atoms with Gasteiger partial charge in [-0.05, 0) is 59.7 Å². The van der Waals surface area contributed by atoms with E-state index in [1.54, 1.807) is 0 Å². The average Bonchev–Trinajstić information content (AvgIpc) is 3.71. The van der Waals surface area contributed by atoms with E-state index in [0.717, 1.165) is 72.4 Å². The molecule has 50 heavy (non-hydrogen) atoms. The average molecular weight is 640 g/mol. The highest BCUT2D eigenvalue weighted by Gasteiger charge is 2.18. The molecule has 0 saturated carbocycles. The molecule has 0 amide bonds. The molecular formula is C45H29N5. The van der Waals surface area contributed by atoms with Gasteiger partial charge < -0.3 is 4.57 Å². The number of para-hydroxylation sites is 2. The summed E-state index contributed by atoms with van der Waals surface area (Å²) < 4.78 is 4.60. The summed E-state index contributed by atoms with van der Waals surface area (Å²) in [6.07, 6.45) is 1.87. The van der Waals surface area contributed by atoms with Crippen LogP contribution in [-0.4, -0.2) is 24.1 Å². The molecule has 0 saturated heterocycles. The first kappa shape index (κ1) is 28.2. The van der Waals surface area contributed by atoms with Crippen LogP contribution in [-0.2, 0) is 0 Å². The van der Waals surface area contributed by atoms with Gasteiger partial charge in [0.25, 0.3) is 0 Å². The smallest absolute Gasteiger partial charge is 0.162 e. The zero-order chi connectivity index (χ0) is 33.0. The number of aromatic nitrogens is 5. The van der Waals surface area contributed by atoms with Crippen molar-refractivity contribution in [3.05, 3.63) is 176 Å². The maximum absolute atomic E-state index is 5.23. The molecule has 0 aliphatic rings. The van der Waals surface area contributed by atoms with Crippen LogP contribution in [0.3, 0.4) is 0 Å². The minimum absolute atomic E-state index is 0.692. The summed E-state index contributed by atoms with van der Waals surface area (Å²) in [6, 6.07) is 59.4. The van der Waals surface area contributed by atoms with Gasteiger partial charge in [0.15, 0.2) is 5.82 Å². The number of pyridine rings is 1. The molecule has 0 spiro atoms. The van der Waals surface area contributed by atoms with E-state index >= 15 is 0 Å². The van der Waals surface area contributed by atoms with E-state index in [4.69, 9.17) is 15.0 Å². The summed E-state index contributed by atoms with van der Waals surface area (Å²) >= 11 is 0. The van der Waals surface area contributed by atoms with Crippen LogP contribution in [0, 0.1) is 0 Å². The molecule has 0 fully saturated rings. The zero-order valence-corrected chi connectivity index (χ0v) is 27.0. The molecule has 0 unspecified atom stereocenters. The zero-order valence-electron chi connectivity index (χ0n) is 27.0. The number of rotatable bonds is 5. The Labute approximate surface area is 288 Å². The Morgan fingerprint density at radius 3 is 1.74 bits per heavy atom. The molecule has 0 aliphatic carbocycles. The fraction of sp³-hybridized carbons (Fsp3) is 0. The fourth-order valence-corrected chi connectivity index (χ4v) is 7.29. The predicted octanol–water partition coefficient (Wildman–Crippen LogP) is 11.1. The van der Waals surface area contributed by atoms with Crippen molar-refractivity contribution in [3.63, 3.8) is 0 Å². The highest BCUT2D eigenvalue weighted by Crippen LogP contribution is 2.38. The lowest BCUT2D eigenvalue weighted by atomic mass is 10.0. The molecule has 5 heteroatoms. The number of hydrogen-bond donors (Lipinski definition) is 0. The van der Waals surface area contributed by atoms with E-state index in [1.165, 1.54) is 10.8 Å². The van der Waals surface area contributed by atoms with Crippen LogP contribution in [0.2, 0.25) is 0 Å². The fourth-order valence-electron chi connectivity index (χ4n) is 7.29. The first-order valence-corrected chi connectivity index (χ1v) is 16.8. The minimum Gasteiger partial charge on any atom is -0.308 e. The molecule has 10 rings (SSSR count). The topological polar surface area (TPSA) is 48.5 Å². The third-order valence-corrected chi connectivity index (χ3v) is 9.59. The van der Waals surface area contributed by atoms with Crippen LogP contribution in [0.25, 0.3) is 89.0 Å². The van der Waals surface area contributed by atoms with Gasteiger partial charge in [-0.2, -0.15) is 0 Å². The van der Waals surface area contributed by atoms with Gasteiger partial charge in [0.2, 0.25) is 0 Å². The van der Waals surface area contributed by atoms with Crippen LogP contribution >= 0.6 is 0 Å². The predicted molar refractivity (Wildman–Crippen MR) is 205 cm³/mol. The quantitative estimate of drug-likeness (QED) is 0.188. The largest absolute Gasteiger partial charge is 0.308 e. The summed E-state index contributed by atoms with van der Waals surface area (Å²) in [7, 11) is 0.